The lowest BCUT2D eigenvalue weighted by Gasteiger charge is -2.35. The predicted molar refractivity (Wildman–Crippen MR) is 66.8 cm³/mol. The van der Waals surface area contributed by atoms with Crippen molar-refractivity contribution < 1.29 is 0 Å². The minimum absolute atomic E-state index is 0.861. The molecule has 0 saturated carbocycles. The largest absolute Gasteiger partial charge is 0.299 e. The standard InChI is InChI=1S/C12H24NS/c1-3-5-7-12-11-14-10-9-13(12)8-6-4-2/h12H,2-11H2,1H3. The summed E-state index contributed by atoms with van der Waals surface area (Å²) in [4.78, 5) is 2.69. The SMILES string of the molecule is [CH2]CCCN1CCSCC1CCCC. The first-order chi connectivity index (χ1) is 6.88. The number of nitrogens with zero attached hydrogens (tertiary/aromatic N) is 1. The van der Waals surface area contributed by atoms with Crippen molar-refractivity contribution in [3.05, 3.63) is 6.92 Å². The minimum atomic E-state index is 0.861. The highest BCUT2D eigenvalue weighted by atomic mass is 32.2. The Hall–Kier alpha value is 0.310. The lowest BCUT2D eigenvalue weighted by atomic mass is 10.1. The van der Waals surface area contributed by atoms with Gasteiger partial charge in [0.1, 0.15) is 0 Å². The Labute approximate surface area is 93.6 Å². The normalized spacial score (nSPS) is 24.0. The smallest absolute Gasteiger partial charge is 0.0186 e. The molecule has 0 spiro atoms. The van der Waals surface area contributed by atoms with Gasteiger partial charge in [-0.05, 0) is 19.4 Å². The van der Waals surface area contributed by atoms with Gasteiger partial charge in [0, 0.05) is 24.1 Å². The van der Waals surface area contributed by atoms with Gasteiger partial charge in [0.2, 0.25) is 0 Å². The molecule has 1 heterocycles. The van der Waals surface area contributed by atoms with E-state index in [9.17, 15) is 0 Å². The molecule has 0 N–H and O–H groups in total. The highest BCUT2D eigenvalue weighted by Gasteiger charge is 2.20. The summed E-state index contributed by atoms with van der Waals surface area (Å²) >= 11 is 2.13. The lowest BCUT2D eigenvalue weighted by Crippen LogP contribution is -2.42. The van der Waals surface area contributed by atoms with Gasteiger partial charge in [-0.25, -0.2) is 0 Å². The van der Waals surface area contributed by atoms with Crippen LogP contribution in [0.4, 0.5) is 0 Å². The van der Waals surface area contributed by atoms with Gasteiger partial charge < -0.3 is 0 Å². The molecule has 83 valence electrons. The molecule has 0 amide bonds. The zero-order valence-electron chi connectivity index (χ0n) is 9.50. The molecule has 1 saturated heterocycles. The molecule has 1 atom stereocenters. The van der Waals surface area contributed by atoms with Gasteiger partial charge in [-0.3, -0.25) is 4.90 Å². The molecule has 0 aliphatic carbocycles. The van der Waals surface area contributed by atoms with E-state index >= 15 is 0 Å². The van der Waals surface area contributed by atoms with E-state index in [1.165, 1.54) is 50.3 Å². The molecule has 1 rings (SSSR count). The fourth-order valence-electron chi connectivity index (χ4n) is 2.00. The van der Waals surface area contributed by atoms with Crippen molar-refractivity contribution in [1.29, 1.82) is 0 Å². The summed E-state index contributed by atoms with van der Waals surface area (Å²) in [6, 6.07) is 0.861. The third-order valence-electron chi connectivity index (χ3n) is 2.94. The predicted octanol–water partition coefficient (Wildman–Crippen LogP) is 3.21. The van der Waals surface area contributed by atoms with E-state index < -0.39 is 0 Å². The molecule has 0 bridgehead atoms. The summed E-state index contributed by atoms with van der Waals surface area (Å²) in [5.41, 5.74) is 0. The van der Waals surface area contributed by atoms with Crippen LogP contribution in [0.1, 0.15) is 39.0 Å². The average molecular weight is 214 g/mol. The Morgan fingerprint density at radius 1 is 1.43 bits per heavy atom. The first-order valence-electron chi connectivity index (χ1n) is 5.99. The molecule has 1 aliphatic heterocycles. The van der Waals surface area contributed by atoms with E-state index in [1.807, 2.05) is 0 Å². The van der Waals surface area contributed by atoms with Gasteiger partial charge in [-0.1, -0.05) is 33.1 Å². The Balaban J connectivity index is 2.26. The van der Waals surface area contributed by atoms with E-state index in [4.69, 9.17) is 0 Å². The maximum atomic E-state index is 3.93. The van der Waals surface area contributed by atoms with Crippen molar-refractivity contribution in [3.8, 4) is 0 Å². The summed E-state index contributed by atoms with van der Waals surface area (Å²) < 4.78 is 0. The van der Waals surface area contributed by atoms with Crippen molar-refractivity contribution in [1.82, 2.24) is 4.90 Å². The molecular weight excluding hydrogens is 190 g/mol. The monoisotopic (exact) mass is 214 g/mol. The van der Waals surface area contributed by atoms with Gasteiger partial charge in [0.25, 0.3) is 0 Å². The third-order valence-corrected chi connectivity index (χ3v) is 4.03. The van der Waals surface area contributed by atoms with Crippen molar-refractivity contribution >= 4 is 11.8 Å². The fourth-order valence-corrected chi connectivity index (χ4v) is 3.18. The second-order valence-corrected chi connectivity index (χ2v) is 5.26. The zero-order chi connectivity index (χ0) is 10.2. The molecule has 2 heteroatoms. The van der Waals surface area contributed by atoms with E-state index in [0.29, 0.717) is 0 Å². The molecule has 1 nitrogen and oxygen atoms in total. The Morgan fingerprint density at radius 2 is 2.29 bits per heavy atom. The molecule has 0 aromatic heterocycles. The van der Waals surface area contributed by atoms with Crippen LogP contribution < -0.4 is 0 Å². The van der Waals surface area contributed by atoms with Crippen LogP contribution in [-0.4, -0.2) is 35.5 Å². The highest BCUT2D eigenvalue weighted by Crippen LogP contribution is 2.20. The van der Waals surface area contributed by atoms with Gasteiger partial charge in [-0.15, -0.1) is 0 Å². The lowest BCUT2D eigenvalue weighted by molar-refractivity contribution is 0.204. The summed E-state index contributed by atoms with van der Waals surface area (Å²) in [6.45, 7) is 8.79. The van der Waals surface area contributed by atoms with Crippen molar-refractivity contribution in [2.24, 2.45) is 0 Å². The summed E-state index contributed by atoms with van der Waals surface area (Å²) in [5, 5.41) is 0. The van der Waals surface area contributed by atoms with Gasteiger partial charge in [0.05, 0.1) is 0 Å². The van der Waals surface area contributed by atoms with Crippen LogP contribution in [0, 0.1) is 6.92 Å². The van der Waals surface area contributed by atoms with Crippen LogP contribution >= 0.6 is 11.8 Å². The fraction of sp³-hybridized carbons (Fsp3) is 0.917. The van der Waals surface area contributed by atoms with Crippen LogP contribution in [0.25, 0.3) is 0 Å². The van der Waals surface area contributed by atoms with Gasteiger partial charge in [0.15, 0.2) is 0 Å². The topological polar surface area (TPSA) is 3.24 Å². The molecule has 1 aliphatic rings. The molecule has 1 fully saturated rings. The number of unbranched alkanes of at least 4 members (excludes halogenated alkanes) is 2. The number of rotatable bonds is 6. The number of thioether (sulfide) groups is 1. The van der Waals surface area contributed by atoms with Crippen LogP contribution in [0.5, 0.6) is 0 Å². The molecule has 1 unspecified atom stereocenters. The maximum absolute atomic E-state index is 3.93. The Bertz CT molecular complexity index is 122. The van der Waals surface area contributed by atoms with Gasteiger partial charge in [-0.2, -0.15) is 11.8 Å². The molecular formula is C12H24NS. The molecule has 0 aromatic carbocycles. The van der Waals surface area contributed by atoms with Crippen molar-refractivity contribution in [2.45, 2.75) is 45.1 Å². The maximum Gasteiger partial charge on any atom is 0.0186 e. The van der Waals surface area contributed by atoms with E-state index in [0.717, 1.165) is 12.5 Å². The Kier molecular flexibility index (Phi) is 6.70. The quantitative estimate of drug-likeness (QED) is 0.668. The Morgan fingerprint density at radius 3 is 3.00 bits per heavy atom. The van der Waals surface area contributed by atoms with Crippen LogP contribution in [0.2, 0.25) is 0 Å². The summed E-state index contributed by atoms with van der Waals surface area (Å²) in [7, 11) is 0. The number of hydrogen-bond donors (Lipinski definition) is 0. The van der Waals surface area contributed by atoms with E-state index in [1.54, 1.807) is 0 Å². The third kappa shape index (κ3) is 4.22. The van der Waals surface area contributed by atoms with E-state index in [-0.39, 0.29) is 0 Å². The number of hydrogen-bond acceptors (Lipinski definition) is 2. The average Bonchev–Trinajstić information content (AvgIpc) is 2.24. The second-order valence-electron chi connectivity index (χ2n) is 4.11. The molecule has 14 heavy (non-hydrogen) atoms. The first-order valence-corrected chi connectivity index (χ1v) is 7.15. The second kappa shape index (κ2) is 7.58. The zero-order valence-corrected chi connectivity index (χ0v) is 10.3. The minimum Gasteiger partial charge on any atom is -0.299 e. The molecule has 1 radical (unpaired) electrons. The summed E-state index contributed by atoms with van der Waals surface area (Å²) in [5.74, 6) is 2.69. The van der Waals surface area contributed by atoms with Crippen LogP contribution in [-0.2, 0) is 0 Å². The van der Waals surface area contributed by atoms with Crippen molar-refractivity contribution in [2.75, 3.05) is 24.6 Å². The summed E-state index contributed by atoms with van der Waals surface area (Å²) in [6.07, 6.45) is 6.49. The van der Waals surface area contributed by atoms with Crippen LogP contribution in [0.3, 0.4) is 0 Å². The van der Waals surface area contributed by atoms with Gasteiger partial charge >= 0.3 is 0 Å². The van der Waals surface area contributed by atoms with E-state index in [2.05, 4.69) is 30.5 Å². The van der Waals surface area contributed by atoms with Crippen molar-refractivity contribution in [3.63, 3.8) is 0 Å². The highest BCUT2D eigenvalue weighted by molar-refractivity contribution is 7.99. The molecule has 0 aromatic rings. The van der Waals surface area contributed by atoms with Crippen LogP contribution in [0.15, 0.2) is 0 Å². The first kappa shape index (κ1) is 12.4.